The van der Waals surface area contributed by atoms with Crippen LogP contribution in [0.4, 0.5) is 0 Å². The van der Waals surface area contributed by atoms with Gasteiger partial charge < -0.3 is 10.1 Å². The predicted molar refractivity (Wildman–Crippen MR) is 64.5 cm³/mol. The second kappa shape index (κ2) is 5.25. The molecule has 4 heteroatoms. The molecule has 0 fully saturated rings. The van der Waals surface area contributed by atoms with E-state index in [-0.39, 0.29) is 11.5 Å². The maximum atomic E-state index is 5.25. The van der Waals surface area contributed by atoms with E-state index in [1.165, 1.54) is 0 Å². The average molecular weight is 223 g/mol. The molecule has 0 spiro atoms. The van der Waals surface area contributed by atoms with Gasteiger partial charge in [-0.2, -0.15) is 0 Å². The molecule has 0 aromatic carbocycles. The maximum absolute atomic E-state index is 5.25. The van der Waals surface area contributed by atoms with Crippen LogP contribution < -0.4 is 10.1 Å². The zero-order valence-electron chi connectivity index (χ0n) is 10.7. The van der Waals surface area contributed by atoms with Crippen molar-refractivity contribution in [3.8, 4) is 5.88 Å². The minimum absolute atomic E-state index is 0.0688. The fourth-order valence-corrected chi connectivity index (χ4v) is 1.71. The summed E-state index contributed by atoms with van der Waals surface area (Å²) in [4.78, 5) is 8.57. The van der Waals surface area contributed by atoms with Crippen LogP contribution in [0.25, 0.3) is 0 Å². The summed E-state index contributed by atoms with van der Waals surface area (Å²) in [5, 5.41) is 3.43. The van der Waals surface area contributed by atoms with Crippen molar-refractivity contribution in [3.63, 3.8) is 0 Å². The highest BCUT2D eigenvalue weighted by Crippen LogP contribution is 2.34. The number of nitrogens with zero attached hydrogens (tertiary/aromatic N) is 2. The van der Waals surface area contributed by atoms with Gasteiger partial charge in [0.05, 0.1) is 13.2 Å². The van der Waals surface area contributed by atoms with Crippen LogP contribution in [0.15, 0.2) is 12.4 Å². The molecule has 1 rings (SSSR count). The highest BCUT2D eigenvalue weighted by molar-refractivity contribution is 5.22. The average Bonchev–Trinajstić information content (AvgIpc) is 2.24. The first kappa shape index (κ1) is 12.9. The van der Waals surface area contributed by atoms with Gasteiger partial charge in [-0.15, -0.1) is 0 Å². The molecular weight excluding hydrogens is 202 g/mol. The second-order valence-electron chi connectivity index (χ2n) is 4.81. The van der Waals surface area contributed by atoms with Gasteiger partial charge in [-0.3, -0.25) is 4.98 Å². The van der Waals surface area contributed by atoms with Crippen molar-refractivity contribution in [1.82, 2.24) is 15.3 Å². The van der Waals surface area contributed by atoms with Gasteiger partial charge in [-0.25, -0.2) is 4.98 Å². The van der Waals surface area contributed by atoms with Crippen molar-refractivity contribution in [2.24, 2.45) is 5.41 Å². The van der Waals surface area contributed by atoms with E-state index in [0.717, 1.165) is 12.2 Å². The third kappa shape index (κ3) is 2.92. The van der Waals surface area contributed by atoms with E-state index < -0.39 is 0 Å². The van der Waals surface area contributed by atoms with Crippen LogP contribution in [0.2, 0.25) is 0 Å². The molecule has 4 nitrogen and oxygen atoms in total. The number of ether oxygens (including phenoxy) is 1. The van der Waals surface area contributed by atoms with Crippen molar-refractivity contribution in [3.05, 3.63) is 18.1 Å². The van der Waals surface area contributed by atoms with Gasteiger partial charge in [-0.05, 0) is 12.0 Å². The molecule has 0 amide bonds. The Labute approximate surface area is 97.5 Å². The Hall–Kier alpha value is -1.16. The van der Waals surface area contributed by atoms with Crippen LogP contribution in [0.5, 0.6) is 5.88 Å². The molecule has 0 radical (unpaired) electrons. The SMILES string of the molecule is CCNC(c1nccnc1OC)C(C)(C)C. The topological polar surface area (TPSA) is 47.0 Å². The minimum Gasteiger partial charge on any atom is -0.480 e. The van der Waals surface area contributed by atoms with Crippen molar-refractivity contribution < 1.29 is 4.74 Å². The monoisotopic (exact) mass is 223 g/mol. The highest BCUT2D eigenvalue weighted by atomic mass is 16.5. The van der Waals surface area contributed by atoms with Crippen LogP contribution in [0.1, 0.15) is 39.4 Å². The number of hydrogen-bond acceptors (Lipinski definition) is 4. The first-order valence-electron chi connectivity index (χ1n) is 5.59. The van der Waals surface area contributed by atoms with Crippen molar-refractivity contribution in [2.45, 2.75) is 33.7 Å². The number of aromatic nitrogens is 2. The van der Waals surface area contributed by atoms with Crippen LogP contribution in [0.3, 0.4) is 0 Å². The summed E-state index contributed by atoms with van der Waals surface area (Å²) < 4.78 is 5.25. The summed E-state index contributed by atoms with van der Waals surface area (Å²) in [6.07, 6.45) is 3.35. The Kier molecular flexibility index (Phi) is 4.24. The zero-order chi connectivity index (χ0) is 12.2. The molecule has 16 heavy (non-hydrogen) atoms. The molecule has 0 aliphatic carbocycles. The van der Waals surface area contributed by atoms with Gasteiger partial charge in [-0.1, -0.05) is 27.7 Å². The molecule has 0 saturated heterocycles. The number of rotatable bonds is 4. The first-order chi connectivity index (χ1) is 7.50. The third-order valence-corrected chi connectivity index (χ3v) is 2.43. The summed E-state index contributed by atoms with van der Waals surface area (Å²) in [7, 11) is 1.62. The summed E-state index contributed by atoms with van der Waals surface area (Å²) in [6, 6.07) is 0.140. The van der Waals surface area contributed by atoms with Gasteiger partial charge >= 0.3 is 0 Å². The minimum atomic E-state index is 0.0688. The molecule has 0 aliphatic heterocycles. The highest BCUT2D eigenvalue weighted by Gasteiger charge is 2.29. The molecule has 1 N–H and O–H groups in total. The van der Waals surface area contributed by atoms with Crippen LogP contribution >= 0.6 is 0 Å². The van der Waals surface area contributed by atoms with E-state index >= 15 is 0 Å². The summed E-state index contributed by atoms with van der Waals surface area (Å²) >= 11 is 0. The molecule has 1 heterocycles. The van der Waals surface area contributed by atoms with Crippen LogP contribution in [0, 0.1) is 5.41 Å². The lowest BCUT2D eigenvalue weighted by molar-refractivity contribution is 0.260. The first-order valence-corrected chi connectivity index (χ1v) is 5.59. The largest absolute Gasteiger partial charge is 0.480 e. The van der Waals surface area contributed by atoms with Crippen molar-refractivity contribution in [2.75, 3.05) is 13.7 Å². The molecule has 0 bridgehead atoms. The number of methoxy groups -OCH3 is 1. The maximum Gasteiger partial charge on any atom is 0.237 e. The Morgan fingerprint density at radius 1 is 1.31 bits per heavy atom. The normalized spacial score (nSPS) is 13.6. The van der Waals surface area contributed by atoms with Gasteiger partial charge in [0.15, 0.2) is 0 Å². The van der Waals surface area contributed by atoms with E-state index in [2.05, 4.69) is 43.0 Å². The van der Waals surface area contributed by atoms with Gasteiger partial charge in [0.25, 0.3) is 0 Å². The van der Waals surface area contributed by atoms with Gasteiger partial charge in [0.1, 0.15) is 5.69 Å². The Morgan fingerprint density at radius 2 is 1.94 bits per heavy atom. The fraction of sp³-hybridized carbons (Fsp3) is 0.667. The standard InChI is InChI=1S/C12H21N3O/c1-6-13-10(12(2,3)4)9-11(16-5)15-8-7-14-9/h7-8,10,13H,6H2,1-5H3. The van der Waals surface area contributed by atoms with E-state index in [9.17, 15) is 0 Å². The predicted octanol–water partition coefficient (Wildman–Crippen LogP) is 2.18. The fourth-order valence-electron chi connectivity index (χ4n) is 1.71. The summed E-state index contributed by atoms with van der Waals surface area (Å²) in [6.45, 7) is 9.50. The third-order valence-electron chi connectivity index (χ3n) is 2.43. The van der Waals surface area contributed by atoms with Crippen LogP contribution in [-0.4, -0.2) is 23.6 Å². The lowest BCUT2D eigenvalue weighted by atomic mass is 9.84. The van der Waals surface area contributed by atoms with Crippen molar-refractivity contribution >= 4 is 0 Å². The number of hydrogen-bond donors (Lipinski definition) is 1. The molecule has 90 valence electrons. The zero-order valence-corrected chi connectivity index (χ0v) is 10.7. The molecule has 0 aliphatic rings. The lowest BCUT2D eigenvalue weighted by Crippen LogP contribution is -2.33. The van der Waals surface area contributed by atoms with Crippen molar-refractivity contribution in [1.29, 1.82) is 0 Å². The van der Waals surface area contributed by atoms with Gasteiger partial charge in [0.2, 0.25) is 5.88 Å². The molecule has 1 aromatic rings. The Balaban J connectivity index is 3.10. The quantitative estimate of drug-likeness (QED) is 0.850. The Bertz CT molecular complexity index is 333. The summed E-state index contributed by atoms with van der Waals surface area (Å²) in [5.41, 5.74) is 0.943. The lowest BCUT2D eigenvalue weighted by Gasteiger charge is -2.31. The second-order valence-corrected chi connectivity index (χ2v) is 4.81. The Morgan fingerprint density at radius 3 is 2.44 bits per heavy atom. The van der Waals surface area contributed by atoms with E-state index in [1.807, 2.05) is 0 Å². The molecule has 0 saturated carbocycles. The molecular formula is C12H21N3O. The smallest absolute Gasteiger partial charge is 0.237 e. The summed E-state index contributed by atoms with van der Waals surface area (Å²) in [5.74, 6) is 0.600. The van der Waals surface area contributed by atoms with Gasteiger partial charge in [0, 0.05) is 12.4 Å². The van der Waals surface area contributed by atoms with E-state index in [1.54, 1.807) is 19.5 Å². The van der Waals surface area contributed by atoms with E-state index in [0.29, 0.717) is 5.88 Å². The van der Waals surface area contributed by atoms with E-state index in [4.69, 9.17) is 4.74 Å². The number of nitrogens with one attached hydrogen (secondary N) is 1. The van der Waals surface area contributed by atoms with Crippen LogP contribution in [-0.2, 0) is 0 Å². The molecule has 1 atom stereocenters. The molecule has 1 unspecified atom stereocenters. The molecule has 1 aromatic heterocycles.